The van der Waals surface area contributed by atoms with Crippen LogP contribution in [-0.4, -0.2) is 23.9 Å². The zero-order chi connectivity index (χ0) is 17.0. The maximum Gasteiger partial charge on any atom is 0.246 e. The molecule has 1 saturated heterocycles. The van der Waals surface area contributed by atoms with Gasteiger partial charge in [-0.05, 0) is 43.7 Å². The van der Waals surface area contributed by atoms with Crippen molar-refractivity contribution in [3.8, 4) is 0 Å². The standard InChI is InChI=1S/C19H28N2O2/c1-5-15-8-6-7-9-16(15)21-17(22)10-12-19(21,4)18(23)20-13-11-14(2)3/h6-9,14H,5,10-13H2,1-4H3,(H,20,23). The largest absolute Gasteiger partial charge is 0.354 e. The third-order valence-corrected chi connectivity index (χ3v) is 4.68. The SMILES string of the molecule is CCc1ccccc1N1C(=O)CCC1(C)C(=O)NCCC(C)C. The number of aryl methyl sites for hydroxylation is 1. The minimum atomic E-state index is -0.792. The van der Waals surface area contributed by atoms with E-state index in [2.05, 4.69) is 26.1 Å². The smallest absolute Gasteiger partial charge is 0.246 e. The Hall–Kier alpha value is -1.84. The van der Waals surface area contributed by atoms with Crippen LogP contribution in [0.25, 0.3) is 0 Å². The van der Waals surface area contributed by atoms with Gasteiger partial charge in [0, 0.05) is 18.7 Å². The van der Waals surface area contributed by atoms with Gasteiger partial charge in [-0.3, -0.25) is 14.5 Å². The Bertz CT molecular complexity index is 582. The molecule has 2 amide bonds. The van der Waals surface area contributed by atoms with Crippen LogP contribution in [0.5, 0.6) is 0 Å². The van der Waals surface area contributed by atoms with E-state index in [1.165, 1.54) is 0 Å². The van der Waals surface area contributed by atoms with Crippen LogP contribution in [-0.2, 0) is 16.0 Å². The summed E-state index contributed by atoms with van der Waals surface area (Å²) in [6, 6.07) is 7.87. The van der Waals surface area contributed by atoms with Crippen LogP contribution in [0.2, 0.25) is 0 Å². The summed E-state index contributed by atoms with van der Waals surface area (Å²) >= 11 is 0. The minimum Gasteiger partial charge on any atom is -0.354 e. The topological polar surface area (TPSA) is 49.4 Å². The van der Waals surface area contributed by atoms with E-state index in [1.807, 2.05) is 31.2 Å². The zero-order valence-electron chi connectivity index (χ0n) is 14.7. The second kappa shape index (κ2) is 7.16. The van der Waals surface area contributed by atoms with E-state index in [4.69, 9.17) is 0 Å². The maximum atomic E-state index is 12.8. The molecule has 1 N–H and O–H groups in total. The minimum absolute atomic E-state index is 0.0346. The number of hydrogen-bond acceptors (Lipinski definition) is 2. The Morgan fingerprint density at radius 1 is 1.35 bits per heavy atom. The molecule has 0 radical (unpaired) electrons. The average molecular weight is 316 g/mol. The van der Waals surface area contributed by atoms with Crippen molar-refractivity contribution in [2.24, 2.45) is 5.92 Å². The van der Waals surface area contributed by atoms with Crippen LogP contribution < -0.4 is 10.2 Å². The number of rotatable bonds is 6. The lowest BCUT2D eigenvalue weighted by atomic mass is 9.95. The molecule has 1 heterocycles. The van der Waals surface area contributed by atoms with Crippen LogP contribution in [0.15, 0.2) is 24.3 Å². The lowest BCUT2D eigenvalue weighted by Crippen LogP contribution is -2.55. The lowest BCUT2D eigenvalue weighted by Gasteiger charge is -2.35. The van der Waals surface area contributed by atoms with Gasteiger partial charge in [0.05, 0.1) is 0 Å². The van der Waals surface area contributed by atoms with Gasteiger partial charge in [0.1, 0.15) is 5.54 Å². The molecule has 126 valence electrons. The Morgan fingerprint density at radius 3 is 2.70 bits per heavy atom. The summed E-state index contributed by atoms with van der Waals surface area (Å²) in [5.41, 5.74) is 1.18. The van der Waals surface area contributed by atoms with Crippen molar-refractivity contribution < 1.29 is 9.59 Å². The molecular formula is C19H28N2O2. The predicted octanol–water partition coefficient (Wildman–Crippen LogP) is 3.30. The second-order valence-corrected chi connectivity index (χ2v) is 6.92. The Balaban J connectivity index is 2.26. The van der Waals surface area contributed by atoms with E-state index >= 15 is 0 Å². The molecule has 0 bridgehead atoms. The second-order valence-electron chi connectivity index (χ2n) is 6.92. The first-order chi connectivity index (χ1) is 10.9. The highest BCUT2D eigenvalue weighted by atomic mass is 16.2. The molecule has 0 saturated carbocycles. The van der Waals surface area contributed by atoms with E-state index in [-0.39, 0.29) is 11.8 Å². The van der Waals surface area contributed by atoms with Gasteiger partial charge in [-0.1, -0.05) is 39.0 Å². The number of amides is 2. The van der Waals surface area contributed by atoms with Gasteiger partial charge >= 0.3 is 0 Å². The molecule has 1 aromatic rings. The Labute approximate surface area is 139 Å². The Morgan fingerprint density at radius 2 is 2.04 bits per heavy atom. The van der Waals surface area contributed by atoms with E-state index < -0.39 is 5.54 Å². The first kappa shape index (κ1) is 17.5. The number of hydrogen-bond donors (Lipinski definition) is 1. The van der Waals surface area contributed by atoms with Crippen molar-refractivity contribution in [3.63, 3.8) is 0 Å². The predicted molar refractivity (Wildman–Crippen MR) is 93.4 cm³/mol. The summed E-state index contributed by atoms with van der Waals surface area (Å²) in [5, 5.41) is 3.02. The highest BCUT2D eigenvalue weighted by Gasteiger charge is 2.48. The molecule has 1 unspecified atom stereocenters. The van der Waals surface area contributed by atoms with Crippen molar-refractivity contribution in [1.82, 2.24) is 5.32 Å². The summed E-state index contributed by atoms with van der Waals surface area (Å²) in [5.74, 6) is 0.535. The first-order valence-corrected chi connectivity index (χ1v) is 8.59. The van der Waals surface area contributed by atoms with Gasteiger partial charge in [0.2, 0.25) is 11.8 Å². The fourth-order valence-electron chi connectivity index (χ4n) is 3.16. The highest BCUT2D eigenvalue weighted by molar-refractivity contribution is 6.06. The molecule has 0 aliphatic carbocycles. The van der Waals surface area contributed by atoms with Crippen molar-refractivity contribution in [2.45, 2.75) is 58.9 Å². The van der Waals surface area contributed by atoms with Crippen LogP contribution in [0.3, 0.4) is 0 Å². The van der Waals surface area contributed by atoms with Gasteiger partial charge in [-0.15, -0.1) is 0 Å². The number of nitrogens with zero attached hydrogens (tertiary/aromatic N) is 1. The summed E-state index contributed by atoms with van der Waals surface area (Å²) in [6.45, 7) is 8.88. The molecule has 1 fully saturated rings. The molecule has 1 aliphatic rings. The number of nitrogens with one attached hydrogen (secondary N) is 1. The Kier molecular flexibility index (Phi) is 5.45. The fraction of sp³-hybridized carbons (Fsp3) is 0.579. The van der Waals surface area contributed by atoms with Gasteiger partial charge in [-0.25, -0.2) is 0 Å². The van der Waals surface area contributed by atoms with E-state index in [0.29, 0.717) is 25.3 Å². The summed E-state index contributed by atoms with van der Waals surface area (Å²) in [6.07, 6.45) is 2.77. The third-order valence-electron chi connectivity index (χ3n) is 4.68. The average Bonchev–Trinajstić information content (AvgIpc) is 2.83. The van der Waals surface area contributed by atoms with Crippen molar-refractivity contribution in [1.29, 1.82) is 0 Å². The number of anilines is 1. The van der Waals surface area contributed by atoms with Gasteiger partial charge < -0.3 is 5.32 Å². The molecule has 4 nitrogen and oxygen atoms in total. The quantitative estimate of drug-likeness (QED) is 0.875. The maximum absolute atomic E-state index is 12.8. The molecule has 23 heavy (non-hydrogen) atoms. The van der Waals surface area contributed by atoms with E-state index in [1.54, 1.807) is 4.90 Å². The van der Waals surface area contributed by atoms with E-state index in [9.17, 15) is 9.59 Å². The van der Waals surface area contributed by atoms with Crippen LogP contribution in [0.1, 0.15) is 52.5 Å². The highest BCUT2D eigenvalue weighted by Crippen LogP contribution is 2.37. The van der Waals surface area contributed by atoms with E-state index in [0.717, 1.165) is 24.1 Å². The number of benzene rings is 1. The van der Waals surface area contributed by atoms with Crippen molar-refractivity contribution in [2.75, 3.05) is 11.4 Å². The molecule has 1 aliphatic heterocycles. The van der Waals surface area contributed by atoms with Crippen LogP contribution in [0.4, 0.5) is 5.69 Å². The van der Waals surface area contributed by atoms with Gasteiger partial charge in [0.15, 0.2) is 0 Å². The van der Waals surface area contributed by atoms with Crippen molar-refractivity contribution in [3.05, 3.63) is 29.8 Å². The molecule has 1 aromatic carbocycles. The monoisotopic (exact) mass is 316 g/mol. The summed E-state index contributed by atoms with van der Waals surface area (Å²) in [4.78, 5) is 27.0. The summed E-state index contributed by atoms with van der Waals surface area (Å²) in [7, 11) is 0. The number of para-hydroxylation sites is 1. The lowest BCUT2D eigenvalue weighted by molar-refractivity contribution is -0.127. The van der Waals surface area contributed by atoms with Gasteiger partial charge in [0.25, 0.3) is 0 Å². The van der Waals surface area contributed by atoms with Crippen LogP contribution >= 0.6 is 0 Å². The third kappa shape index (κ3) is 3.57. The molecular weight excluding hydrogens is 288 g/mol. The summed E-state index contributed by atoms with van der Waals surface area (Å²) < 4.78 is 0. The van der Waals surface area contributed by atoms with Crippen LogP contribution in [0, 0.1) is 5.92 Å². The first-order valence-electron chi connectivity index (χ1n) is 8.59. The molecule has 2 rings (SSSR count). The molecule has 0 spiro atoms. The van der Waals surface area contributed by atoms with Gasteiger partial charge in [-0.2, -0.15) is 0 Å². The van der Waals surface area contributed by atoms with Crippen molar-refractivity contribution >= 4 is 17.5 Å². The molecule has 0 aromatic heterocycles. The molecule has 1 atom stereocenters. The fourth-order valence-corrected chi connectivity index (χ4v) is 3.16. The number of carbonyl (C=O) groups excluding carboxylic acids is 2. The zero-order valence-corrected chi connectivity index (χ0v) is 14.7. The number of carbonyl (C=O) groups is 2. The molecule has 4 heteroatoms. The normalized spacial score (nSPS) is 21.1.